The van der Waals surface area contributed by atoms with Crippen LogP contribution in [0.2, 0.25) is 0 Å². The van der Waals surface area contributed by atoms with Gasteiger partial charge in [0.05, 0.1) is 11.0 Å². The largest absolute Gasteiger partial charge is 0.456 e. The molecule has 38 heavy (non-hydrogen) atoms. The summed E-state index contributed by atoms with van der Waals surface area (Å²) in [4.78, 5) is 0. The van der Waals surface area contributed by atoms with Gasteiger partial charge in [-0.05, 0) is 64.7 Å². The molecule has 0 radical (unpaired) electrons. The van der Waals surface area contributed by atoms with E-state index in [1.165, 1.54) is 44.2 Å². The number of benzene rings is 6. The molecular weight excluding hydrogens is 462 g/mol. The highest BCUT2D eigenvalue weighted by Crippen LogP contribution is 2.35. The lowest BCUT2D eigenvalue weighted by atomic mass is 9.99. The van der Waals surface area contributed by atoms with Crippen molar-refractivity contribution in [3.05, 3.63) is 140 Å². The van der Waals surface area contributed by atoms with Crippen LogP contribution in [0.4, 0.5) is 0 Å². The topological polar surface area (TPSA) is 18.1 Å². The SMILES string of the molecule is c1cc(-c2ccc(-c3ccc4c(c3)oc3ccccc34)cc2)cc(-n2c3ccccc3c3ccccc32)c1. The average molecular weight is 486 g/mol. The monoisotopic (exact) mass is 485 g/mol. The zero-order valence-electron chi connectivity index (χ0n) is 20.6. The lowest BCUT2D eigenvalue weighted by Gasteiger charge is -2.11. The van der Waals surface area contributed by atoms with Crippen LogP contribution in [0.15, 0.2) is 144 Å². The Kier molecular flexibility index (Phi) is 4.55. The van der Waals surface area contributed by atoms with E-state index in [4.69, 9.17) is 4.42 Å². The molecule has 2 aromatic heterocycles. The molecular formula is C36H23NO. The Morgan fingerprint density at radius 3 is 1.63 bits per heavy atom. The summed E-state index contributed by atoms with van der Waals surface area (Å²) in [6.45, 7) is 0. The molecule has 178 valence electrons. The molecule has 8 aromatic rings. The summed E-state index contributed by atoms with van der Waals surface area (Å²) in [5.74, 6) is 0. The molecule has 0 saturated heterocycles. The highest BCUT2D eigenvalue weighted by molar-refractivity contribution is 6.09. The lowest BCUT2D eigenvalue weighted by Crippen LogP contribution is -1.94. The van der Waals surface area contributed by atoms with E-state index >= 15 is 0 Å². The molecule has 2 heteroatoms. The van der Waals surface area contributed by atoms with Crippen LogP contribution in [-0.2, 0) is 0 Å². The highest BCUT2D eigenvalue weighted by atomic mass is 16.3. The molecule has 2 heterocycles. The van der Waals surface area contributed by atoms with Gasteiger partial charge in [0.1, 0.15) is 11.2 Å². The second kappa shape index (κ2) is 8.22. The van der Waals surface area contributed by atoms with Crippen LogP contribution in [0.5, 0.6) is 0 Å². The van der Waals surface area contributed by atoms with Crippen molar-refractivity contribution < 1.29 is 4.42 Å². The van der Waals surface area contributed by atoms with Crippen molar-refractivity contribution >= 4 is 43.7 Å². The molecule has 0 bridgehead atoms. The maximum Gasteiger partial charge on any atom is 0.136 e. The number of hydrogen-bond acceptors (Lipinski definition) is 1. The first-order valence-corrected chi connectivity index (χ1v) is 12.9. The van der Waals surface area contributed by atoms with E-state index in [9.17, 15) is 0 Å². The lowest BCUT2D eigenvalue weighted by molar-refractivity contribution is 0.669. The van der Waals surface area contributed by atoms with E-state index < -0.39 is 0 Å². The van der Waals surface area contributed by atoms with Gasteiger partial charge in [0, 0.05) is 27.2 Å². The van der Waals surface area contributed by atoms with E-state index in [1.807, 2.05) is 12.1 Å². The summed E-state index contributed by atoms with van der Waals surface area (Å²) in [5, 5.41) is 4.87. The van der Waals surface area contributed by atoms with Crippen molar-refractivity contribution in [2.24, 2.45) is 0 Å². The molecule has 0 N–H and O–H groups in total. The maximum atomic E-state index is 6.11. The molecule has 0 fully saturated rings. The Hall–Kier alpha value is -5.08. The molecule has 0 saturated carbocycles. The van der Waals surface area contributed by atoms with Crippen molar-refractivity contribution in [2.45, 2.75) is 0 Å². The molecule has 8 rings (SSSR count). The number of hydrogen-bond donors (Lipinski definition) is 0. The third-order valence-electron chi connectivity index (χ3n) is 7.61. The maximum absolute atomic E-state index is 6.11. The Labute approximate surface area is 220 Å². The van der Waals surface area contributed by atoms with Crippen molar-refractivity contribution in [1.29, 1.82) is 0 Å². The molecule has 0 unspecified atom stereocenters. The molecule has 2 nitrogen and oxygen atoms in total. The number of fused-ring (bicyclic) bond motifs is 6. The van der Waals surface area contributed by atoms with E-state index in [-0.39, 0.29) is 0 Å². The first-order valence-electron chi connectivity index (χ1n) is 12.9. The Morgan fingerprint density at radius 1 is 0.368 bits per heavy atom. The minimum Gasteiger partial charge on any atom is -0.456 e. The third-order valence-corrected chi connectivity index (χ3v) is 7.61. The van der Waals surface area contributed by atoms with E-state index in [2.05, 4.69) is 132 Å². The number of para-hydroxylation sites is 3. The Morgan fingerprint density at radius 2 is 0.921 bits per heavy atom. The summed E-state index contributed by atoms with van der Waals surface area (Å²) in [6, 6.07) is 49.6. The molecule has 0 aliphatic rings. The normalized spacial score (nSPS) is 11.7. The number of furan rings is 1. The van der Waals surface area contributed by atoms with Gasteiger partial charge in [-0.3, -0.25) is 0 Å². The van der Waals surface area contributed by atoms with Gasteiger partial charge in [-0.2, -0.15) is 0 Å². The van der Waals surface area contributed by atoms with Crippen molar-refractivity contribution in [3.63, 3.8) is 0 Å². The fourth-order valence-corrected chi connectivity index (χ4v) is 5.79. The van der Waals surface area contributed by atoms with Gasteiger partial charge >= 0.3 is 0 Å². The molecule has 6 aromatic carbocycles. The summed E-state index contributed by atoms with van der Waals surface area (Å²) in [7, 11) is 0. The predicted molar refractivity (Wildman–Crippen MR) is 159 cm³/mol. The van der Waals surface area contributed by atoms with Crippen LogP contribution in [0.1, 0.15) is 0 Å². The summed E-state index contributed by atoms with van der Waals surface area (Å²) >= 11 is 0. The fraction of sp³-hybridized carbons (Fsp3) is 0. The van der Waals surface area contributed by atoms with Crippen LogP contribution in [-0.4, -0.2) is 4.57 Å². The number of rotatable bonds is 3. The first kappa shape index (κ1) is 21.0. The summed E-state index contributed by atoms with van der Waals surface area (Å²) in [5.41, 5.74) is 10.2. The van der Waals surface area contributed by atoms with Crippen LogP contribution >= 0.6 is 0 Å². The van der Waals surface area contributed by atoms with Gasteiger partial charge in [0.25, 0.3) is 0 Å². The van der Waals surface area contributed by atoms with Gasteiger partial charge in [-0.15, -0.1) is 0 Å². The van der Waals surface area contributed by atoms with Crippen LogP contribution in [0.25, 0.3) is 71.7 Å². The van der Waals surface area contributed by atoms with Crippen LogP contribution < -0.4 is 0 Å². The van der Waals surface area contributed by atoms with Gasteiger partial charge in [-0.1, -0.05) is 97.1 Å². The number of nitrogens with zero attached hydrogens (tertiary/aromatic N) is 1. The summed E-state index contributed by atoms with van der Waals surface area (Å²) in [6.07, 6.45) is 0. The predicted octanol–water partition coefficient (Wildman–Crippen LogP) is 10.0. The van der Waals surface area contributed by atoms with Crippen molar-refractivity contribution in [1.82, 2.24) is 4.57 Å². The average Bonchev–Trinajstić information content (AvgIpc) is 3.53. The van der Waals surface area contributed by atoms with E-state index in [1.54, 1.807) is 0 Å². The molecule has 0 aliphatic carbocycles. The molecule has 0 amide bonds. The molecule has 0 aliphatic heterocycles. The molecule has 0 spiro atoms. The quantitative estimate of drug-likeness (QED) is 0.243. The second-order valence-corrected chi connectivity index (χ2v) is 9.81. The number of aromatic nitrogens is 1. The third kappa shape index (κ3) is 3.21. The van der Waals surface area contributed by atoms with Gasteiger partial charge in [0.15, 0.2) is 0 Å². The second-order valence-electron chi connectivity index (χ2n) is 9.81. The van der Waals surface area contributed by atoms with Crippen molar-refractivity contribution in [2.75, 3.05) is 0 Å². The van der Waals surface area contributed by atoms with Crippen LogP contribution in [0, 0.1) is 0 Å². The summed E-state index contributed by atoms with van der Waals surface area (Å²) < 4.78 is 8.48. The van der Waals surface area contributed by atoms with E-state index in [0.29, 0.717) is 0 Å². The van der Waals surface area contributed by atoms with Gasteiger partial charge in [0.2, 0.25) is 0 Å². The fourth-order valence-electron chi connectivity index (χ4n) is 5.79. The standard InChI is InChI=1S/C36H23NO/c1-4-13-33-29(10-1)30-11-2-5-14-34(30)37(33)28-9-7-8-26(22-28)24-16-18-25(19-17-24)27-20-21-32-31-12-3-6-15-35(31)38-36(32)23-27/h1-23H. The van der Waals surface area contributed by atoms with Crippen LogP contribution in [0.3, 0.4) is 0 Å². The smallest absolute Gasteiger partial charge is 0.136 e. The first-order chi connectivity index (χ1) is 18.8. The van der Waals surface area contributed by atoms with Gasteiger partial charge < -0.3 is 8.98 Å². The highest BCUT2D eigenvalue weighted by Gasteiger charge is 2.12. The van der Waals surface area contributed by atoms with Crippen molar-refractivity contribution in [3.8, 4) is 27.9 Å². The van der Waals surface area contributed by atoms with E-state index in [0.717, 1.165) is 27.5 Å². The Balaban J connectivity index is 1.19. The molecule has 0 atom stereocenters. The van der Waals surface area contributed by atoms with Gasteiger partial charge in [-0.25, -0.2) is 0 Å². The minimum atomic E-state index is 0.923. The minimum absolute atomic E-state index is 0.923. The zero-order chi connectivity index (χ0) is 25.1. The Bertz CT molecular complexity index is 2070. The zero-order valence-corrected chi connectivity index (χ0v) is 20.6.